The number of hydrogen-bond acceptors (Lipinski definition) is 3. The zero-order chi connectivity index (χ0) is 14.0. The van der Waals surface area contributed by atoms with Crippen LogP contribution in [-0.4, -0.2) is 46.8 Å². The van der Waals surface area contributed by atoms with Crippen molar-refractivity contribution in [3.63, 3.8) is 0 Å². The quantitative estimate of drug-likeness (QED) is 0.839. The summed E-state index contributed by atoms with van der Waals surface area (Å²) in [4.78, 5) is 26.3. The number of thioether (sulfide) groups is 1. The Bertz CT molecular complexity index is 359. The minimum Gasteiger partial charge on any atom is -0.344 e. The molecule has 0 saturated carbocycles. The van der Waals surface area contributed by atoms with Crippen molar-refractivity contribution in [2.45, 2.75) is 51.3 Å². The number of nitrogens with one attached hydrogen (secondary N) is 1. The molecule has 2 atom stereocenters. The molecule has 2 saturated heterocycles. The van der Waals surface area contributed by atoms with E-state index in [0.717, 1.165) is 6.54 Å². The van der Waals surface area contributed by atoms with Gasteiger partial charge in [0.05, 0.1) is 0 Å². The van der Waals surface area contributed by atoms with E-state index in [-0.39, 0.29) is 17.2 Å². The fourth-order valence-electron chi connectivity index (χ4n) is 2.63. The van der Waals surface area contributed by atoms with E-state index in [1.54, 1.807) is 0 Å². The highest BCUT2D eigenvalue weighted by Gasteiger charge is 2.38. The van der Waals surface area contributed by atoms with Gasteiger partial charge in [-0.1, -0.05) is 20.8 Å². The topological polar surface area (TPSA) is 49.4 Å². The molecule has 19 heavy (non-hydrogen) atoms. The van der Waals surface area contributed by atoms with Crippen LogP contribution in [-0.2, 0) is 9.59 Å². The molecular formula is C14H24N2O2S. The Hall–Kier alpha value is -0.710. The second kappa shape index (κ2) is 5.73. The van der Waals surface area contributed by atoms with Crippen LogP contribution < -0.4 is 5.32 Å². The largest absolute Gasteiger partial charge is 0.344 e. The summed E-state index contributed by atoms with van der Waals surface area (Å²) in [6.45, 7) is 7.37. The fourth-order valence-corrected chi connectivity index (χ4v) is 3.91. The van der Waals surface area contributed by atoms with Crippen molar-refractivity contribution in [1.82, 2.24) is 10.2 Å². The first kappa shape index (κ1) is 14.7. The minimum atomic E-state index is -0.395. The molecule has 1 N–H and O–H groups in total. The minimum absolute atomic E-state index is 0.00477. The molecule has 0 aliphatic carbocycles. The standard InChI is InChI=1S/C14H24N2O2S/c1-14(2,3)12-13(18)16(7-6-11(17)15-12)9-10-5-4-8-19-10/h10,12H,4-9H2,1-3H3,(H,15,17). The van der Waals surface area contributed by atoms with Gasteiger partial charge in [0.15, 0.2) is 0 Å². The number of carbonyl (C=O) groups is 2. The van der Waals surface area contributed by atoms with Crippen molar-refractivity contribution < 1.29 is 9.59 Å². The first-order chi connectivity index (χ1) is 8.88. The van der Waals surface area contributed by atoms with Gasteiger partial charge in [0.2, 0.25) is 11.8 Å². The van der Waals surface area contributed by atoms with Gasteiger partial charge in [0.1, 0.15) is 6.04 Å². The molecular weight excluding hydrogens is 260 g/mol. The maximum atomic E-state index is 12.6. The Labute approximate surface area is 119 Å². The summed E-state index contributed by atoms with van der Waals surface area (Å²) < 4.78 is 0. The highest BCUT2D eigenvalue weighted by Crippen LogP contribution is 2.29. The second-order valence-electron chi connectivity index (χ2n) is 6.54. The first-order valence-electron chi connectivity index (χ1n) is 7.07. The van der Waals surface area contributed by atoms with E-state index in [1.165, 1.54) is 18.6 Å². The summed E-state index contributed by atoms with van der Waals surface area (Å²) in [5.41, 5.74) is -0.238. The summed E-state index contributed by atoms with van der Waals surface area (Å²) in [6, 6.07) is -0.395. The highest BCUT2D eigenvalue weighted by molar-refractivity contribution is 8.00. The van der Waals surface area contributed by atoms with E-state index < -0.39 is 6.04 Å². The third-order valence-corrected chi connectivity index (χ3v) is 5.17. The molecule has 2 unspecified atom stereocenters. The Morgan fingerprint density at radius 3 is 2.68 bits per heavy atom. The summed E-state index contributed by atoms with van der Waals surface area (Å²) >= 11 is 1.96. The van der Waals surface area contributed by atoms with Gasteiger partial charge >= 0.3 is 0 Å². The normalized spacial score (nSPS) is 29.3. The molecule has 4 nitrogen and oxygen atoms in total. The van der Waals surface area contributed by atoms with Crippen LogP contribution in [0, 0.1) is 5.41 Å². The summed E-state index contributed by atoms with van der Waals surface area (Å²) in [6.07, 6.45) is 2.86. The third-order valence-electron chi connectivity index (χ3n) is 3.79. The van der Waals surface area contributed by atoms with Crippen molar-refractivity contribution in [2.75, 3.05) is 18.8 Å². The molecule has 2 fully saturated rings. The lowest BCUT2D eigenvalue weighted by Gasteiger charge is -2.33. The molecule has 2 heterocycles. The van der Waals surface area contributed by atoms with E-state index in [9.17, 15) is 9.59 Å². The monoisotopic (exact) mass is 284 g/mol. The summed E-state index contributed by atoms with van der Waals surface area (Å²) in [5, 5.41) is 3.44. The zero-order valence-corrected chi connectivity index (χ0v) is 12.9. The predicted molar refractivity (Wildman–Crippen MR) is 78.1 cm³/mol. The van der Waals surface area contributed by atoms with Crippen molar-refractivity contribution >= 4 is 23.6 Å². The lowest BCUT2D eigenvalue weighted by molar-refractivity contribution is -0.136. The van der Waals surface area contributed by atoms with Crippen molar-refractivity contribution in [2.24, 2.45) is 5.41 Å². The zero-order valence-electron chi connectivity index (χ0n) is 12.1. The molecule has 0 aromatic heterocycles. The molecule has 2 amide bonds. The number of rotatable bonds is 2. The molecule has 0 bridgehead atoms. The van der Waals surface area contributed by atoms with Gasteiger partial charge in [-0.25, -0.2) is 0 Å². The molecule has 2 aliphatic heterocycles. The second-order valence-corrected chi connectivity index (χ2v) is 7.94. The van der Waals surface area contributed by atoms with E-state index in [4.69, 9.17) is 0 Å². The third kappa shape index (κ3) is 3.65. The number of hydrogen-bond donors (Lipinski definition) is 1. The van der Waals surface area contributed by atoms with Crippen LogP contribution in [0.5, 0.6) is 0 Å². The van der Waals surface area contributed by atoms with E-state index in [0.29, 0.717) is 18.2 Å². The van der Waals surface area contributed by atoms with Crippen molar-refractivity contribution in [1.29, 1.82) is 0 Å². The first-order valence-corrected chi connectivity index (χ1v) is 8.12. The molecule has 2 aliphatic rings. The summed E-state index contributed by atoms with van der Waals surface area (Å²) in [7, 11) is 0. The Balaban J connectivity index is 2.09. The molecule has 0 aromatic rings. The van der Waals surface area contributed by atoms with Gasteiger partial charge in [-0.3, -0.25) is 9.59 Å². The fraction of sp³-hybridized carbons (Fsp3) is 0.857. The Morgan fingerprint density at radius 1 is 1.37 bits per heavy atom. The molecule has 0 aromatic carbocycles. The van der Waals surface area contributed by atoms with Crippen molar-refractivity contribution in [3.05, 3.63) is 0 Å². The van der Waals surface area contributed by atoms with Gasteiger partial charge in [-0.15, -0.1) is 0 Å². The summed E-state index contributed by atoms with van der Waals surface area (Å²) in [5.74, 6) is 1.28. The predicted octanol–water partition coefficient (Wildman–Crippen LogP) is 1.65. The molecule has 108 valence electrons. The van der Waals surface area contributed by atoms with Gasteiger partial charge in [-0.05, 0) is 24.0 Å². The molecule has 0 radical (unpaired) electrons. The van der Waals surface area contributed by atoms with Crippen LogP contribution in [0.4, 0.5) is 0 Å². The lowest BCUT2D eigenvalue weighted by atomic mass is 9.86. The molecule has 0 spiro atoms. The van der Waals surface area contributed by atoms with E-state index in [2.05, 4.69) is 5.32 Å². The average molecular weight is 284 g/mol. The van der Waals surface area contributed by atoms with E-state index >= 15 is 0 Å². The maximum Gasteiger partial charge on any atom is 0.245 e. The Morgan fingerprint density at radius 2 is 2.11 bits per heavy atom. The van der Waals surface area contributed by atoms with Gasteiger partial charge in [0.25, 0.3) is 0 Å². The average Bonchev–Trinajstić information content (AvgIpc) is 2.77. The van der Waals surface area contributed by atoms with Crippen LogP contribution in [0.1, 0.15) is 40.0 Å². The van der Waals surface area contributed by atoms with Gasteiger partial charge in [0, 0.05) is 24.8 Å². The maximum absolute atomic E-state index is 12.6. The van der Waals surface area contributed by atoms with Gasteiger partial charge < -0.3 is 10.2 Å². The smallest absolute Gasteiger partial charge is 0.245 e. The number of carbonyl (C=O) groups excluding carboxylic acids is 2. The van der Waals surface area contributed by atoms with Gasteiger partial charge in [-0.2, -0.15) is 11.8 Å². The SMILES string of the molecule is CC(C)(C)C1NC(=O)CCN(CC2CCCS2)C1=O. The lowest BCUT2D eigenvalue weighted by Crippen LogP contribution is -2.52. The van der Waals surface area contributed by atoms with Crippen molar-refractivity contribution in [3.8, 4) is 0 Å². The van der Waals surface area contributed by atoms with Crippen LogP contribution >= 0.6 is 11.8 Å². The molecule has 5 heteroatoms. The highest BCUT2D eigenvalue weighted by atomic mass is 32.2. The Kier molecular flexibility index (Phi) is 4.43. The van der Waals surface area contributed by atoms with Crippen LogP contribution in [0.15, 0.2) is 0 Å². The number of amides is 2. The number of nitrogens with zero attached hydrogens (tertiary/aromatic N) is 1. The van der Waals surface area contributed by atoms with Crippen LogP contribution in [0.2, 0.25) is 0 Å². The van der Waals surface area contributed by atoms with Crippen LogP contribution in [0.25, 0.3) is 0 Å². The molecule has 2 rings (SSSR count). The van der Waals surface area contributed by atoms with E-state index in [1.807, 2.05) is 37.4 Å². The van der Waals surface area contributed by atoms with Crippen LogP contribution in [0.3, 0.4) is 0 Å².